The smallest absolute Gasteiger partial charge is 0.328 e. The van der Waals surface area contributed by atoms with E-state index in [1.54, 1.807) is 6.08 Å². The SMILES string of the molecule is Cc1c(/C=C/C(=O)O)ccc2[nH]c(-c3cccc(C(C)(C)C)c3)cc12. The van der Waals surface area contributed by atoms with E-state index in [-0.39, 0.29) is 5.41 Å². The van der Waals surface area contributed by atoms with Gasteiger partial charge in [0.05, 0.1) is 0 Å². The normalized spacial score (nSPS) is 12.2. The molecule has 3 heteroatoms. The van der Waals surface area contributed by atoms with Crippen molar-refractivity contribution in [3.63, 3.8) is 0 Å². The molecule has 2 aromatic carbocycles. The maximum absolute atomic E-state index is 10.8. The number of carboxylic acid groups (broad SMARTS) is 1. The topological polar surface area (TPSA) is 53.1 Å². The van der Waals surface area contributed by atoms with Gasteiger partial charge in [0.2, 0.25) is 0 Å². The second kappa shape index (κ2) is 6.25. The Balaban J connectivity index is 2.08. The molecule has 1 aromatic heterocycles. The molecule has 128 valence electrons. The Hall–Kier alpha value is -2.81. The monoisotopic (exact) mass is 333 g/mol. The van der Waals surface area contributed by atoms with Crippen molar-refractivity contribution in [2.24, 2.45) is 0 Å². The lowest BCUT2D eigenvalue weighted by Gasteiger charge is -2.19. The summed E-state index contributed by atoms with van der Waals surface area (Å²) in [6, 6.07) is 14.7. The molecule has 0 radical (unpaired) electrons. The minimum absolute atomic E-state index is 0.104. The van der Waals surface area contributed by atoms with E-state index < -0.39 is 5.97 Å². The van der Waals surface area contributed by atoms with E-state index in [0.29, 0.717) is 0 Å². The molecule has 0 spiro atoms. The summed E-state index contributed by atoms with van der Waals surface area (Å²) in [5.41, 5.74) is 6.68. The Morgan fingerprint density at radius 2 is 1.88 bits per heavy atom. The number of nitrogens with one attached hydrogen (secondary N) is 1. The maximum Gasteiger partial charge on any atom is 0.328 e. The van der Waals surface area contributed by atoms with Gasteiger partial charge >= 0.3 is 5.97 Å². The average Bonchev–Trinajstić information content (AvgIpc) is 2.98. The van der Waals surface area contributed by atoms with Crippen molar-refractivity contribution in [2.45, 2.75) is 33.1 Å². The van der Waals surface area contributed by atoms with Gasteiger partial charge in [0, 0.05) is 22.7 Å². The van der Waals surface area contributed by atoms with Crippen LogP contribution in [0.4, 0.5) is 0 Å². The number of H-pyrrole nitrogens is 1. The third kappa shape index (κ3) is 3.50. The molecule has 1 heterocycles. The fourth-order valence-electron chi connectivity index (χ4n) is 3.02. The van der Waals surface area contributed by atoms with Crippen LogP contribution in [0, 0.1) is 6.92 Å². The number of fused-ring (bicyclic) bond motifs is 1. The van der Waals surface area contributed by atoms with Crippen LogP contribution in [0.5, 0.6) is 0 Å². The molecular weight excluding hydrogens is 310 g/mol. The lowest BCUT2D eigenvalue weighted by Crippen LogP contribution is -2.10. The maximum atomic E-state index is 10.8. The summed E-state index contributed by atoms with van der Waals surface area (Å²) in [5, 5.41) is 9.94. The highest BCUT2D eigenvalue weighted by Crippen LogP contribution is 2.31. The lowest BCUT2D eigenvalue weighted by atomic mass is 9.86. The van der Waals surface area contributed by atoms with Crippen LogP contribution in [0.1, 0.15) is 37.5 Å². The van der Waals surface area contributed by atoms with Gasteiger partial charge in [0.1, 0.15) is 0 Å². The molecule has 0 unspecified atom stereocenters. The second-order valence-electron chi connectivity index (χ2n) is 7.43. The summed E-state index contributed by atoms with van der Waals surface area (Å²) >= 11 is 0. The summed E-state index contributed by atoms with van der Waals surface area (Å²) in [7, 11) is 0. The van der Waals surface area contributed by atoms with Gasteiger partial charge in [-0.1, -0.05) is 45.0 Å². The Bertz CT molecular complexity index is 971. The molecular formula is C22H23NO2. The Labute approximate surface area is 148 Å². The molecule has 0 bridgehead atoms. The van der Waals surface area contributed by atoms with Crippen LogP contribution in [0.2, 0.25) is 0 Å². The van der Waals surface area contributed by atoms with Crippen molar-refractivity contribution in [1.82, 2.24) is 4.98 Å². The number of benzene rings is 2. The standard InChI is InChI=1S/C22H23NO2/c1-14-15(9-11-21(24)25)8-10-19-18(14)13-20(23-19)16-6-5-7-17(12-16)22(2,3)4/h5-13,23H,1-4H3,(H,24,25)/b11-9+. The quantitative estimate of drug-likeness (QED) is 0.618. The molecule has 0 fully saturated rings. The number of aromatic amines is 1. The van der Waals surface area contributed by atoms with Crippen molar-refractivity contribution in [2.75, 3.05) is 0 Å². The minimum atomic E-state index is -0.937. The predicted molar refractivity (Wildman–Crippen MR) is 104 cm³/mol. The third-order valence-corrected chi connectivity index (χ3v) is 4.56. The Kier molecular flexibility index (Phi) is 4.25. The lowest BCUT2D eigenvalue weighted by molar-refractivity contribution is -0.131. The molecule has 0 amide bonds. The summed E-state index contributed by atoms with van der Waals surface area (Å²) < 4.78 is 0. The Morgan fingerprint density at radius 3 is 2.56 bits per heavy atom. The van der Waals surface area contributed by atoms with E-state index in [1.807, 2.05) is 19.1 Å². The van der Waals surface area contributed by atoms with Gasteiger partial charge in [0.15, 0.2) is 0 Å². The highest BCUT2D eigenvalue weighted by Gasteiger charge is 2.15. The van der Waals surface area contributed by atoms with Crippen LogP contribution >= 0.6 is 0 Å². The molecule has 0 aliphatic heterocycles. The molecule has 3 aromatic rings. The van der Waals surface area contributed by atoms with E-state index in [4.69, 9.17) is 5.11 Å². The van der Waals surface area contributed by atoms with E-state index in [9.17, 15) is 4.79 Å². The Morgan fingerprint density at radius 1 is 1.12 bits per heavy atom. The number of carboxylic acids is 1. The second-order valence-corrected chi connectivity index (χ2v) is 7.43. The molecule has 0 aliphatic rings. The number of aryl methyl sites for hydroxylation is 1. The molecule has 0 aliphatic carbocycles. The zero-order chi connectivity index (χ0) is 18.2. The number of hydrogen-bond acceptors (Lipinski definition) is 1. The van der Waals surface area contributed by atoms with Gasteiger partial charge in [-0.15, -0.1) is 0 Å². The summed E-state index contributed by atoms with van der Waals surface area (Å²) in [4.78, 5) is 14.2. The number of carbonyl (C=O) groups is 1. The van der Waals surface area contributed by atoms with Crippen LogP contribution < -0.4 is 0 Å². The first-order chi connectivity index (χ1) is 11.8. The number of aromatic nitrogens is 1. The van der Waals surface area contributed by atoms with Crippen LogP contribution in [-0.4, -0.2) is 16.1 Å². The van der Waals surface area contributed by atoms with Gasteiger partial charge in [-0.25, -0.2) is 4.79 Å². The van der Waals surface area contributed by atoms with Gasteiger partial charge in [-0.3, -0.25) is 0 Å². The predicted octanol–water partition coefficient (Wildman–Crippen LogP) is 5.54. The molecule has 3 nitrogen and oxygen atoms in total. The van der Waals surface area contributed by atoms with Crippen molar-refractivity contribution in [3.8, 4) is 11.3 Å². The van der Waals surface area contributed by atoms with E-state index in [0.717, 1.165) is 33.3 Å². The van der Waals surface area contributed by atoms with Crippen molar-refractivity contribution >= 4 is 22.9 Å². The number of rotatable bonds is 3. The van der Waals surface area contributed by atoms with E-state index >= 15 is 0 Å². The van der Waals surface area contributed by atoms with Gasteiger partial charge < -0.3 is 10.1 Å². The first-order valence-electron chi connectivity index (χ1n) is 8.40. The summed E-state index contributed by atoms with van der Waals surface area (Å²) in [6.07, 6.45) is 2.82. The minimum Gasteiger partial charge on any atom is -0.478 e. The number of aliphatic carboxylic acids is 1. The van der Waals surface area contributed by atoms with Crippen molar-refractivity contribution in [1.29, 1.82) is 0 Å². The number of hydrogen-bond donors (Lipinski definition) is 2. The average molecular weight is 333 g/mol. The summed E-state index contributed by atoms with van der Waals surface area (Å²) in [5.74, 6) is -0.937. The van der Waals surface area contributed by atoms with Crippen molar-refractivity contribution in [3.05, 3.63) is 65.2 Å². The zero-order valence-electron chi connectivity index (χ0n) is 15.1. The molecule has 0 saturated carbocycles. The van der Waals surface area contributed by atoms with Gasteiger partial charge in [-0.05, 0) is 58.9 Å². The molecule has 3 rings (SSSR count). The van der Waals surface area contributed by atoms with Gasteiger partial charge in [0.25, 0.3) is 0 Å². The first-order valence-corrected chi connectivity index (χ1v) is 8.40. The summed E-state index contributed by atoms with van der Waals surface area (Å²) in [6.45, 7) is 8.65. The van der Waals surface area contributed by atoms with Crippen molar-refractivity contribution < 1.29 is 9.90 Å². The van der Waals surface area contributed by atoms with E-state index in [1.165, 1.54) is 11.6 Å². The van der Waals surface area contributed by atoms with Crippen LogP contribution in [0.15, 0.2) is 48.5 Å². The van der Waals surface area contributed by atoms with Crippen LogP contribution in [-0.2, 0) is 10.2 Å². The molecule has 25 heavy (non-hydrogen) atoms. The van der Waals surface area contributed by atoms with E-state index in [2.05, 4.69) is 56.1 Å². The first kappa shape index (κ1) is 17.0. The third-order valence-electron chi connectivity index (χ3n) is 4.56. The van der Waals surface area contributed by atoms with Crippen LogP contribution in [0.3, 0.4) is 0 Å². The van der Waals surface area contributed by atoms with Crippen LogP contribution in [0.25, 0.3) is 28.2 Å². The fourth-order valence-corrected chi connectivity index (χ4v) is 3.02. The van der Waals surface area contributed by atoms with Gasteiger partial charge in [-0.2, -0.15) is 0 Å². The molecule has 0 atom stereocenters. The highest BCUT2D eigenvalue weighted by atomic mass is 16.4. The molecule has 2 N–H and O–H groups in total. The molecule has 0 saturated heterocycles. The zero-order valence-corrected chi connectivity index (χ0v) is 15.1. The largest absolute Gasteiger partial charge is 0.478 e. The highest BCUT2D eigenvalue weighted by molar-refractivity contribution is 5.92. The fraction of sp³-hybridized carbons (Fsp3) is 0.227.